The first-order valence-corrected chi connectivity index (χ1v) is 8.43. The number of benzene rings is 2. The summed E-state index contributed by atoms with van der Waals surface area (Å²) in [5, 5.41) is 2.85. The molecule has 1 fully saturated rings. The molecule has 0 saturated carbocycles. The van der Waals surface area contributed by atoms with E-state index in [9.17, 15) is 9.59 Å². The topological polar surface area (TPSA) is 58.6 Å². The molecule has 2 aromatic carbocycles. The molecule has 130 valence electrons. The molecule has 0 bridgehead atoms. The summed E-state index contributed by atoms with van der Waals surface area (Å²) in [6, 6.07) is 17.1. The maximum absolute atomic E-state index is 12.2. The number of carbonyl (C=O) groups is 2. The Balaban J connectivity index is 1.45. The van der Waals surface area contributed by atoms with Crippen molar-refractivity contribution in [2.24, 2.45) is 5.92 Å². The van der Waals surface area contributed by atoms with E-state index in [1.54, 1.807) is 4.90 Å². The van der Waals surface area contributed by atoms with Crippen LogP contribution in [0, 0.1) is 12.8 Å². The molecule has 1 unspecified atom stereocenters. The van der Waals surface area contributed by atoms with E-state index in [1.807, 2.05) is 61.5 Å². The number of para-hydroxylation sites is 1. The van der Waals surface area contributed by atoms with Crippen LogP contribution in [0.15, 0.2) is 54.6 Å². The van der Waals surface area contributed by atoms with Crippen LogP contribution in [0.1, 0.15) is 12.0 Å². The second-order valence-corrected chi connectivity index (χ2v) is 6.32. The minimum atomic E-state index is -0.176. The van der Waals surface area contributed by atoms with Crippen molar-refractivity contribution in [1.29, 1.82) is 0 Å². The number of aryl methyl sites for hydroxylation is 1. The normalized spacial score (nSPS) is 16.8. The number of ether oxygens (including phenoxy) is 1. The van der Waals surface area contributed by atoms with E-state index in [0.29, 0.717) is 25.3 Å². The molecule has 1 heterocycles. The van der Waals surface area contributed by atoms with Gasteiger partial charge in [0.2, 0.25) is 5.91 Å². The van der Waals surface area contributed by atoms with Gasteiger partial charge in [-0.2, -0.15) is 0 Å². The number of anilines is 1. The molecule has 0 spiro atoms. The number of nitrogens with one attached hydrogen (secondary N) is 1. The van der Waals surface area contributed by atoms with E-state index in [1.165, 1.54) is 0 Å². The quantitative estimate of drug-likeness (QED) is 0.880. The Labute approximate surface area is 147 Å². The third-order valence-corrected chi connectivity index (χ3v) is 4.25. The maximum Gasteiger partial charge on any atom is 0.257 e. The van der Waals surface area contributed by atoms with Crippen LogP contribution in [0.4, 0.5) is 5.69 Å². The molecule has 3 rings (SSSR count). The lowest BCUT2D eigenvalue weighted by molar-refractivity contribution is -0.123. The highest BCUT2D eigenvalue weighted by Crippen LogP contribution is 2.24. The predicted molar refractivity (Wildman–Crippen MR) is 96.6 cm³/mol. The first kappa shape index (κ1) is 17.0. The Bertz CT molecular complexity index is 728. The number of rotatable bonds is 6. The molecule has 0 aromatic heterocycles. The smallest absolute Gasteiger partial charge is 0.257 e. The average molecular weight is 338 g/mol. The summed E-state index contributed by atoms with van der Waals surface area (Å²) in [5.74, 6) is 0.711. The molecule has 1 atom stereocenters. The first-order valence-electron chi connectivity index (χ1n) is 8.43. The van der Waals surface area contributed by atoms with E-state index < -0.39 is 0 Å². The van der Waals surface area contributed by atoms with E-state index in [4.69, 9.17) is 4.74 Å². The molecule has 25 heavy (non-hydrogen) atoms. The van der Waals surface area contributed by atoms with Crippen LogP contribution >= 0.6 is 0 Å². The fourth-order valence-electron chi connectivity index (χ4n) is 2.87. The van der Waals surface area contributed by atoms with Crippen LogP contribution < -0.4 is 15.0 Å². The van der Waals surface area contributed by atoms with Gasteiger partial charge in [0.05, 0.1) is 0 Å². The fraction of sp³-hybridized carbons (Fsp3) is 0.300. The number of carbonyl (C=O) groups excluding carboxylic acids is 2. The Morgan fingerprint density at radius 1 is 1.16 bits per heavy atom. The summed E-state index contributed by atoms with van der Waals surface area (Å²) in [6.45, 7) is 3.10. The Kier molecular flexibility index (Phi) is 5.33. The van der Waals surface area contributed by atoms with Gasteiger partial charge < -0.3 is 15.0 Å². The van der Waals surface area contributed by atoms with Crippen LogP contribution in [0.5, 0.6) is 5.75 Å². The zero-order valence-electron chi connectivity index (χ0n) is 14.3. The number of nitrogens with zero attached hydrogens (tertiary/aromatic N) is 1. The monoisotopic (exact) mass is 338 g/mol. The van der Waals surface area contributed by atoms with Crippen molar-refractivity contribution >= 4 is 17.5 Å². The van der Waals surface area contributed by atoms with Gasteiger partial charge >= 0.3 is 0 Å². The lowest BCUT2D eigenvalue weighted by atomic mass is 10.1. The SMILES string of the molecule is Cc1ccc(N2CC(CNC(=O)COc3ccccc3)CC2=O)cc1. The van der Waals surface area contributed by atoms with Gasteiger partial charge in [0.1, 0.15) is 5.75 Å². The molecule has 1 saturated heterocycles. The summed E-state index contributed by atoms with van der Waals surface area (Å²) in [4.78, 5) is 25.9. The van der Waals surface area contributed by atoms with Gasteiger partial charge in [-0.3, -0.25) is 9.59 Å². The van der Waals surface area contributed by atoms with Gasteiger partial charge in [0, 0.05) is 31.1 Å². The molecule has 2 aromatic rings. The van der Waals surface area contributed by atoms with Crippen LogP contribution in [0.2, 0.25) is 0 Å². The van der Waals surface area contributed by atoms with Crippen molar-refractivity contribution in [3.63, 3.8) is 0 Å². The second kappa shape index (κ2) is 7.83. The molecule has 1 N–H and O–H groups in total. The van der Waals surface area contributed by atoms with Crippen LogP contribution in [-0.4, -0.2) is 31.5 Å². The van der Waals surface area contributed by atoms with Gasteiger partial charge in [-0.1, -0.05) is 35.9 Å². The average Bonchev–Trinajstić information content (AvgIpc) is 3.00. The second-order valence-electron chi connectivity index (χ2n) is 6.32. The zero-order valence-corrected chi connectivity index (χ0v) is 14.3. The molecule has 5 nitrogen and oxygen atoms in total. The third kappa shape index (κ3) is 4.59. The molecular formula is C20H22N2O3. The minimum Gasteiger partial charge on any atom is -0.484 e. The highest BCUT2D eigenvalue weighted by molar-refractivity contribution is 5.95. The van der Waals surface area contributed by atoms with Crippen molar-refractivity contribution in [3.05, 3.63) is 60.2 Å². The molecule has 1 aliphatic rings. The highest BCUT2D eigenvalue weighted by atomic mass is 16.5. The summed E-state index contributed by atoms with van der Waals surface area (Å²) >= 11 is 0. The van der Waals surface area contributed by atoms with Gasteiger partial charge in [-0.25, -0.2) is 0 Å². The maximum atomic E-state index is 12.2. The van der Waals surface area contributed by atoms with Crippen LogP contribution in [0.3, 0.4) is 0 Å². The molecule has 5 heteroatoms. The third-order valence-electron chi connectivity index (χ3n) is 4.25. The van der Waals surface area contributed by atoms with Crippen LogP contribution in [0.25, 0.3) is 0 Å². The van der Waals surface area contributed by atoms with Crippen molar-refractivity contribution < 1.29 is 14.3 Å². The molecule has 2 amide bonds. The Morgan fingerprint density at radius 2 is 1.88 bits per heavy atom. The molecule has 1 aliphatic heterocycles. The lowest BCUT2D eigenvalue weighted by Gasteiger charge is -2.17. The number of hydrogen-bond acceptors (Lipinski definition) is 3. The lowest BCUT2D eigenvalue weighted by Crippen LogP contribution is -2.34. The van der Waals surface area contributed by atoms with Crippen molar-refractivity contribution in [1.82, 2.24) is 5.32 Å². The summed E-state index contributed by atoms with van der Waals surface area (Å²) in [6.07, 6.45) is 0.452. The number of amides is 2. The fourth-order valence-corrected chi connectivity index (χ4v) is 2.87. The standard InChI is InChI=1S/C20H22N2O3/c1-15-7-9-17(10-8-15)22-13-16(11-20(22)24)12-21-19(23)14-25-18-5-3-2-4-6-18/h2-10,16H,11-14H2,1H3,(H,21,23). The predicted octanol–water partition coefficient (Wildman–Crippen LogP) is 2.54. The van der Waals surface area contributed by atoms with Crippen molar-refractivity contribution in [3.8, 4) is 5.75 Å². The van der Waals surface area contributed by atoms with Gasteiger partial charge in [0.15, 0.2) is 6.61 Å². The Hall–Kier alpha value is -2.82. The molecular weight excluding hydrogens is 316 g/mol. The summed E-state index contributed by atoms with van der Waals surface area (Å²) in [5.41, 5.74) is 2.08. The minimum absolute atomic E-state index is 0.0215. The summed E-state index contributed by atoms with van der Waals surface area (Å²) in [7, 11) is 0. The number of hydrogen-bond donors (Lipinski definition) is 1. The molecule has 0 radical (unpaired) electrons. The molecule has 0 aliphatic carbocycles. The van der Waals surface area contributed by atoms with E-state index in [-0.39, 0.29) is 24.3 Å². The first-order chi connectivity index (χ1) is 12.1. The highest BCUT2D eigenvalue weighted by Gasteiger charge is 2.30. The summed E-state index contributed by atoms with van der Waals surface area (Å²) < 4.78 is 5.42. The van der Waals surface area contributed by atoms with Gasteiger partial charge in [-0.05, 0) is 31.2 Å². The Morgan fingerprint density at radius 3 is 2.60 bits per heavy atom. The van der Waals surface area contributed by atoms with Gasteiger partial charge in [-0.15, -0.1) is 0 Å². The van der Waals surface area contributed by atoms with Crippen LogP contribution in [-0.2, 0) is 9.59 Å². The van der Waals surface area contributed by atoms with Gasteiger partial charge in [0.25, 0.3) is 5.91 Å². The largest absolute Gasteiger partial charge is 0.484 e. The zero-order chi connectivity index (χ0) is 17.6. The van der Waals surface area contributed by atoms with E-state index in [2.05, 4.69) is 5.32 Å². The van der Waals surface area contributed by atoms with E-state index in [0.717, 1.165) is 11.3 Å². The van der Waals surface area contributed by atoms with Crippen molar-refractivity contribution in [2.75, 3.05) is 24.6 Å². The van der Waals surface area contributed by atoms with Crippen molar-refractivity contribution in [2.45, 2.75) is 13.3 Å². The van der Waals surface area contributed by atoms with E-state index >= 15 is 0 Å².